The monoisotopic (exact) mass is 357 g/mol. The first-order chi connectivity index (χ1) is 11.0. The number of carbonyl (C=O) groups is 1. The molecule has 2 N–H and O–H groups in total. The van der Waals surface area contributed by atoms with Crippen LogP contribution in [0.3, 0.4) is 0 Å². The van der Waals surface area contributed by atoms with Gasteiger partial charge in [0.25, 0.3) is 0 Å². The molecule has 2 fully saturated rings. The van der Waals surface area contributed by atoms with E-state index in [0.717, 1.165) is 0 Å². The van der Waals surface area contributed by atoms with Crippen molar-refractivity contribution in [2.24, 2.45) is 17.6 Å². The van der Waals surface area contributed by atoms with Crippen LogP contribution in [-0.4, -0.2) is 40.2 Å². The van der Waals surface area contributed by atoms with E-state index in [-0.39, 0.29) is 33.9 Å². The van der Waals surface area contributed by atoms with Gasteiger partial charge in [-0.15, -0.1) is 0 Å². The van der Waals surface area contributed by atoms with Gasteiger partial charge in [-0.2, -0.15) is 4.98 Å². The van der Waals surface area contributed by atoms with Crippen molar-refractivity contribution in [3.05, 3.63) is 22.5 Å². The van der Waals surface area contributed by atoms with E-state index in [4.69, 9.17) is 33.7 Å². The number of ether oxygens (including phenoxy) is 1. The maximum absolute atomic E-state index is 14.1. The molecule has 3 heterocycles. The molecule has 2 unspecified atom stereocenters. The lowest BCUT2D eigenvalue weighted by Gasteiger charge is -2.22. The Hall–Kier alpha value is -1.93. The van der Waals surface area contributed by atoms with Crippen molar-refractivity contribution in [1.82, 2.24) is 15.0 Å². The van der Waals surface area contributed by atoms with E-state index in [0.29, 0.717) is 24.3 Å². The number of hydrogen-bond acceptors (Lipinski definition) is 6. The molecule has 0 aromatic carbocycles. The van der Waals surface area contributed by atoms with Crippen molar-refractivity contribution < 1.29 is 13.9 Å². The number of aromatic nitrogens is 3. The molecule has 1 saturated carbocycles. The van der Waals surface area contributed by atoms with E-state index in [1.54, 1.807) is 0 Å². The van der Waals surface area contributed by atoms with E-state index in [2.05, 4.69) is 15.0 Å². The minimum absolute atomic E-state index is 0.0329. The molecule has 1 saturated heterocycles. The van der Waals surface area contributed by atoms with Gasteiger partial charge < -0.3 is 15.4 Å². The normalized spacial score (nSPS) is 25.5. The number of fused-ring (bicyclic) bond motifs is 2. The van der Waals surface area contributed by atoms with E-state index < -0.39 is 11.9 Å². The first kappa shape index (κ1) is 14.6. The second kappa shape index (κ2) is 5.04. The number of nitrogens with zero attached hydrogens (tertiary/aromatic N) is 4. The minimum atomic E-state index is -0.771. The summed E-state index contributed by atoms with van der Waals surface area (Å²) in [6.45, 7) is 1.21. The third kappa shape index (κ3) is 2.33. The van der Waals surface area contributed by atoms with Crippen LogP contribution in [0, 0.1) is 17.7 Å². The summed E-state index contributed by atoms with van der Waals surface area (Å²) in [5.41, 5.74) is 5.07. The Kier molecular flexibility index (Phi) is 3.21. The molecule has 10 heteroatoms. The van der Waals surface area contributed by atoms with Gasteiger partial charge in [0.1, 0.15) is 17.4 Å². The number of rotatable bonds is 2. The van der Waals surface area contributed by atoms with Gasteiger partial charge in [-0.1, -0.05) is 11.6 Å². The van der Waals surface area contributed by atoms with Gasteiger partial charge in [0.05, 0.1) is 5.39 Å². The number of anilines is 1. The number of carbonyl (C=O) groups excluding carboxylic acids is 1. The first-order valence-electron chi connectivity index (χ1n) is 6.84. The molecule has 7 nitrogen and oxygen atoms in total. The van der Waals surface area contributed by atoms with E-state index in [1.165, 1.54) is 6.20 Å². The maximum Gasteiger partial charge on any atom is 0.404 e. The SMILES string of the molecule is NC(=O)OC1C2CN(c3nc(Cl)nc4c(F)c(Cl)ncc34)CC21. The van der Waals surface area contributed by atoms with Crippen molar-refractivity contribution in [3.63, 3.8) is 0 Å². The van der Waals surface area contributed by atoms with Crippen LogP contribution in [-0.2, 0) is 4.74 Å². The van der Waals surface area contributed by atoms with Crippen molar-refractivity contribution in [2.75, 3.05) is 18.0 Å². The van der Waals surface area contributed by atoms with Crippen molar-refractivity contribution in [1.29, 1.82) is 0 Å². The highest BCUT2D eigenvalue weighted by molar-refractivity contribution is 6.30. The fourth-order valence-corrected chi connectivity index (χ4v) is 3.49. The zero-order valence-electron chi connectivity index (χ0n) is 11.5. The molecule has 2 aromatic heterocycles. The molecular formula is C13H10Cl2FN5O2. The highest BCUT2D eigenvalue weighted by Gasteiger charge is 2.59. The molecule has 1 aliphatic heterocycles. The predicted molar refractivity (Wildman–Crippen MR) is 81.0 cm³/mol. The van der Waals surface area contributed by atoms with Gasteiger partial charge in [0, 0.05) is 31.1 Å². The number of amides is 1. The Balaban J connectivity index is 1.66. The second-order valence-corrected chi connectivity index (χ2v) is 6.27. The Morgan fingerprint density at radius 1 is 1.35 bits per heavy atom. The quantitative estimate of drug-likeness (QED) is 0.652. The number of halogens is 3. The summed E-state index contributed by atoms with van der Waals surface area (Å²) in [6.07, 6.45) is 0.498. The standard InChI is InChI=1S/C13H10Cl2FN5O2/c14-10-7(16)8-4(1-18-10)11(20-12(15)19-8)21-2-5-6(3-21)9(5)23-13(17)22/h1,5-6,9H,2-3H2,(H2,17,22). The van der Waals surface area contributed by atoms with Crippen molar-refractivity contribution in [2.45, 2.75) is 6.10 Å². The highest BCUT2D eigenvalue weighted by atomic mass is 35.5. The highest BCUT2D eigenvalue weighted by Crippen LogP contribution is 2.49. The summed E-state index contributed by atoms with van der Waals surface area (Å²) in [6, 6.07) is 0. The van der Waals surface area contributed by atoms with E-state index >= 15 is 0 Å². The third-order valence-electron chi connectivity index (χ3n) is 4.26. The fraction of sp³-hybridized carbons (Fsp3) is 0.385. The topological polar surface area (TPSA) is 94.2 Å². The van der Waals surface area contributed by atoms with Gasteiger partial charge in [0.2, 0.25) is 5.28 Å². The zero-order valence-corrected chi connectivity index (χ0v) is 13.1. The molecule has 23 heavy (non-hydrogen) atoms. The summed E-state index contributed by atoms with van der Waals surface area (Å²) < 4.78 is 19.1. The summed E-state index contributed by atoms with van der Waals surface area (Å²) in [5, 5.41) is 0.0987. The molecule has 1 aliphatic carbocycles. The average molecular weight is 358 g/mol. The van der Waals surface area contributed by atoms with Gasteiger partial charge in [-0.05, 0) is 11.6 Å². The van der Waals surface area contributed by atoms with Gasteiger partial charge in [0.15, 0.2) is 11.0 Å². The number of nitrogens with two attached hydrogens (primary N) is 1. The minimum Gasteiger partial charge on any atom is -0.446 e. The Bertz CT molecular complexity index is 824. The third-order valence-corrected chi connectivity index (χ3v) is 4.69. The number of primary amides is 1. The maximum atomic E-state index is 14.1. The molecule has 2 aromatic rings. The Labute approximate surface area is 139 Å². The largest absolute Gasteiger partial charge is 0.446 e. The summed E-state index contributed by atoms with van der Waals surface area (Å²) in [4.78, 5) is 24.6. The van der Waals surface area contributed by atoms with Gasteiger partial charge in [-0.25, -0.2) is 19.2 Å². The Morgan fingerprint density at radius 2 is 2.04 bits per heavy atom. The van der Waals surface area contributed by atoms with Crippen molar-refractivity contribution >= 4 is 46.0 Å². The van der Waals surface area contributed by atoms with Crippen LogP contribution in [0.5, 0.6) is 0 Å². The molecule has 120 valence electrons. The van der Waals surface area contributed by atoms with Crippen LogP contribution < -0.4 is 10.6 Å². The lowest BCUT2D eigenvalue weighted by molar-refractivity contribution is 0.137. The number of pyridine rings is 1. The molecule has 2 atom stereocenters. The van der Waals surface area contributed by atoms with E-state index in [1.807, 2.05) is 4.90 Å². The second-order valence-electron chi connectivity index (χ2n) is 5.58. The number of piperidine rings is 1. The summed E-state index contributed by atoms with van der Waals surface area (Å²) >= 11 is 11.6. The molecule has 4 rings (SSSR count). The van der Waals surface area contributed by atoms with Gasteiger partial charge >= 0.3 is 6.09 Å². The zero-order chi connectivity index (χ0) is 16.3. The van der Waals surface area contributed by atoms with Crippen LogP contribution in [0.2, 0.25) is 10.4 Å². The summed E-state index contributed by atoms with van der Waals surface area (Å²) in [5.74, 6) is 0.148. The van der Waals surface area contributed by atoms with Crippen LogP contribution >= 0.6 is 23.2 Å². The van der Waals surface area contributed by atoms with Crippen LogP contribution in [0.25, 0.3) is 10.9 Å². The van der Waals surface area contributed by atoms with Crippen LogP contribution in [0.1, 0.15) is 0 Å². The average Bonchev–Trinajstić information content (AvgIpc) is 2.95. The lowest BCUT2D eigenvalue weighted by atomic mass is 10.2. The molecule has 0 bridgehead atoms. The molecule has 0 spiro atoms. The fourth-order valence-electron chi connectivity index (χ4n) is 3.19. The number of hydrogen-bond donors (Lipinski definition) is 1. The van der Waals surface area contributed by atoms with Crippen LogP contribution in [0.4, 0.5) is 15.0 Å². The summed E-state index contributed by atoms with van der Waals surface area (Å²) in [7, 11) is 0. The predicted octanol–water partition coefficient (Wildman–Crippen LogP) is 2.00. The van der Waals surface area contributed by atoms with Gasteiger partial charge in [-0.3, -0.25) is 0 Å². The molecule has 2 aliphatic rings. The molecule has 1 amide bonds. The first-order valence-corrected chi connectivity index (χ1v) is 7.59. The van der Waals surface area contributed by atoms with Crippen molar-refractivity contribution in [3.8, 4) is 0 Å². The lowest BCUT2D eigenvalue weighted by Crippen LogP contribution is -2.29. The Morgan fingerprint density at radius 3 is 2.70 bits per heavy atom. The molecular weight excluding hydrogens is 348 g/mol. The smallest absolute Gasteiger partial charge is 0.404 e. The molecule has 0 radical (unpaired) electrons. The van der Waals surface area contributed by atoms with E-state index in [9.17, 15) is 9.18 Å². The van der Waals surface area contributed by atoms with Crippen LogP contribution in [0.15, 0.2) is 6.20 Å².